The normalized spacial score (nSPS) is 10.3. The molecule has 2 aromatic rings. The first-order chi connectivity index (χ1) is 11.8. The molecular weight excluding hydrogens is 338 g/mol. The minimum absolute atomic E-state index is 0.279. The Kier molecular flexibility index (Phi) is 6.04. The third kappa shape index (κ3) is 5.22. The number of aryl methyl sites for hydroxylation is 2. The second-order valence-electron chi connectivity index (χ2n) is 6.15. The predicted octanol–water partition coefficient (Wildman–Crippen LogP) is 3.99. The fourth-order valence-corrected chi connectivity index (χ4v) is 2.82. The average Bonchev–Trinajstić information content (AvgIpc) is 2.51. The van der Waals surface area contributed by atoms with E-state index in [1.165, 1.54) is 0 Å². The van der Waals surface area contributed by atoms with Crippen LogP contribution in [0.5, 0.6) is 0 Å². The zero-order chi connectivity index (χ0) is 18.6. The van der Waals surface area contributed by atoms with Gasteiger partial charge in [-0.2, -0.15) is 0 Å². The summed E-state index contributed by atoms with van der Waals surface area (Å²) < 4.78 is 0. The van der Waals surface area contributed by atoms with Crippen molar-refractivity contribution < 1.29 is 9.59 Å². The molecule has 0 aliphatic rings. The Bertz CT molecular complexity index is 763. The molecule has 6 heteroatoms. The standard InChI is InChI=1S/C19H22ClN3O2/c1-12-9-13(2)19(16(20)10-12)22-18(25)11-17(24)21-14-5-7-15(8-6-14)23(3)4/h5-10H,11H2,1-4H3,(H,21,24)(H,22,25). The van der Waals surface area contributed by atoms with Crippen LogP contribution in [0.25, 0.3) is 0 Å². The van der Waals surface area contributed by atoms with Crippen LogP contribution in [0.3, 0.4) is 0 Å². The van der Waals surface area contributed by atoms with E-state index in [-0.39, 0.29) is 12.3 Å². The minimum Gasteiger partial charge on any atom is -0.378 e. The number of carbonyl (C=O) groups excluding carboxylic acids is 2. The molecule has 0 atom stereocenters. The molecule has 25 heavy (non-hydrogen) atoms. The van der Waals surface area contributed by atoms with Crippen LogP contribution in [-0.4, -0.2) is 25.9 Å². The molecule has 0 aromatic heterocycles. The maximum absolute atomic E-state index is 12.1. The highest BCUT2D eigenvalue weighted by atomic mass is 35.5. The number of rotatable bonds is 5. The smallest absolute Gasteiger partial charge is 0.233 e. The Labute approximate surface area is 153 Å². The van der Waals surface area contributed by atoms with Gasteiger partial charge in [0.15, 0.2) is 0 Å². The van der Waals surface area contributed by atoms with Crippen molar-refractivity contribution in [2.75, 3.05) is 29.6 Å². The Hall–Kier alpha value is -2.53. The summed E-state index contributed by atoms with van der Waals surface area (Å²) in [5, 5.41) is 5.88. The van der Waals surface area contributed by atoms with E-state index in [1.807, 2.05) is 51.0 Å². The predicted molar refractivity (Wildman–Crippen MR) is 104 cm³/mol. The average molecular weight is 360 g/mol. The number of anilines is 3. The zero-order valence-corrected chi connectivity index (χ0v) is 15.6. The fraction of sp³-hybridized carbons (Fsp3) is 0.263. The lowest BCUT2D eigenvalue weighted by Gasteiger charge is -2.13. The van der Waals surface area contributed by atoms with E-state index < -0.39 is 5.91 Å². The Balaban J connectivity index is 1.95. The van der Waals surface area contributed by atoms with Gasteiger partial charge in [0.1, 0.15) is 6.42 Å². The summed E-state index contributed by atoms with van der Waals surface area (Å²) in [6.45, 7) is 3.79. The summed E-state index contributed by atoms with van der Waals surface area (Å²) in [5.74, 6) is -0.785. The van der Waals surface area contributed by atoms with Crippen molar-refractivity contribution in [1.29, 1.82) is 0 Å². The summed E-state index contributed by atoms with van der Waals surface area (Å²) in [6, 6.07) is 11.1. The number of nitrogens with one attached hydrogen (secondary N) is 2. The molecule has 0 heterocycles. The quantitative estimate of drug-likeness (QED) is 0.793. The third-order valence-corrected chi connectivity index (χ3v) is 3.98. The van der Waals surface area contributed by atoms with Crippen LogP contribution < -0.4 is 15.5 Å². The molecule has 0 aliphatic heterocycles. The highest BCUT2D eigenvalue weighted by Gasteiger charge is 2.13. The van der Waals surface area contributed by atoms with Gasteiger partial charge in [-0.1, -0.05) is 17.7 Å². The van der Waals surface area contributed by atoms with Gasteiger partial charge in [-0.15, -0.1) is 0 Å². The van der Waals surface area contributed by atoms with E-state index in [9.17, 15) is 9.59 Å². The molecule has 0 spiro atoms. The van der Waals surface area contributed by atoms with Gasteiger partial charge in [-0.25, -0.2) is 0 Å². The van der Waals surface area contributed by atoms with E-state index >= 15 is 0 Å². The van der Waals surface area contributed by atoms with Gasteiger partial charge in [0.05, 0.1) is 10.7 Å². The van der Waals surface area contributed by atoms with Gasteiger partial charge in [0.25, 0.3) is 0 Å². The highest BCUT2D eigenvalue weighted by molar-refractivity contribution is 6.34. The second-order valence-corrected chi connectivity index (χ2v) is 6.56. The maximum atomic E-state index is 12.1. The first kappa shape index (κ1) is 18.8. The molecule has 132 valence electrons. The van der Waals surface area contributed by atoms with Crippen LogP contribution in [0.4, 0.5) is 17.1 Å². The second kappa shape index (κ2) is 8.03. The van der Waals surface area contributed by atoms with Crippen molar-refractivity contribution in [3.05, 3.63) is 52.5 Å². The molecule has 2 rings (SSSR count). The Morgan fingerprint density at radius 3 is 2.16 bits per heavy atom. The zero-order valence-electron chi connectivity index (χ0n) is 14.8. The molecule has 2 N–H and O–H groups in total. The number of hydrogen-bond acceptors (Lipinski definition) is 3. The van der Waals surface area contributed by atoms with E-state index in [1.54, 1.807) is 18.2 Å². The summed E-state index contributed by atoms with van der Waals surface area (Å²) in [5.41, 5.74) is 4.09. The molecule has 0 aliphatic carbocycles. The van der Waals surface area contributed by atoms with E-state index in [4.69, 9.17) is 11.6 Å². The van der Waals surface area contributed by atoms with Gasteiger partial charge in [0, 0.05) is 25.5 Å². The third-order valence-electron chi connectivity index (χ3n) is 3.68. The van der Waals surface area contributed by atoms with E-state index in [2.05, 4.69) is 10.6 Å². The fourth-order valence-electron chi connectivity index (χ4n) is 2.45. The van der Waals surface area contributed by atoms with Crippen LogP contribution in [0, 0.1) is 13.8 Å². The van der Waals surface area contributed by atoms with Crippen molar-refractivity contribution in [1.82, 2.24) is 0 Å². The van der Waals surface area contributed by atoms with Crippen LogP contribution >= 0.6 is 11.6 Å². The molecule has 0 bridgehead atoms. The van der Waals surface area contributed by atoms with Crippen molar-refractivity contribution in [3.63, 3.8) is 0 Å². The molecule has 2 amide bonds. The number of benzene rings is 2. The molecule has 0 radical (unpaired) electrons. The summed E-state index contributed by atoms with van der Waals surface area (Å²) >= 11 is 6.17. The lowest BCUT2D eigenvalue weighted by Crippen LogP contribution is -2.22. The largest absolute Gasteiger partial charge is 0.378 e. The topological polar surface area (TPSA) is 61.4 Å². The maximum Gasteiger partial charge on any atom is 0.233 e. The van der Waals surface area contributed by atoms with Crippen LogP contribution in [0.1, 0.15) is 17.5 Å². The minimum atomic E-state index is -0.406. The number of carbonyl (C=O) groups is 2. The van der Waals surface area contributed by atoms with Crippen molar-refractivity contribution in [2.45, 2.75) is 20.3 Å². The van der Waals surface area contributed by atoms with Crippen LogP contribution in [0.15, 0.2) is 36.4 Å². The van der Waals surface area contributed by atoms with Gasteiger partial charge in [0.2, 0.25) is 11.8 Å². The number of nitrogens with zero attached hydrogens (tertiary/aromatic N) is 1. The van der Waals surface area contributed by atoms with Crippen LogP contribution in [0.2, 0.25) is 5.02 Å². The van der Waals surface area contributed by atoms with Gasteiger partial charge in [-0.05, 0) is 55.3 Å². The first-order valence-electron chi connectivity index (χ1n) is 7.90. The van der Waals surface area contributed by atoms with Gasteiger partial charge >= 0.3 is 0 Å². The SMILES string of the molecule is Cc1cc(C)c(NC(=O)CC(=O)Nc2ccc(N(C)C)cc2)c(Cl)c1. The van der Waals surface area contributed by atoms with E-state index in [0.717, 1.165) is 16.8 Å². The molecule has 0 unspecified atom stereocenters. The first-order valence-corrected chi connectivity index (χ1v) is 8.28. The van der Waals surface area contributed by atoms with E-state index in [0.29, 0.717) is 16.4 Å². The molecule has 0 fully saturated rings. The lowest BCUT2D eigenvalue weighted by molar-refractivity contribution is -0.123. The van der Waals surface area contributed by atoms with Gasteiger partial charge < -0.3 is 15.5 Å². The summed E-state index contributed by atoms with van der Waals surface area (Å²) in [4.78, 5) is 26.1. The number of hydrogen-bond donors (Lipinski definition) is 2. The molecule has 0 saturated carbocycles. The lowest BCUT2D eigenvalue weighted by atomic mass is 10.1. The summed E-state index contributed by atoms with van der Waals surface area (Å²) in [6.07, 6.45) is -0.279. The van der Waals surface area contributed by atoms with Crippen molar-refractivity contribution in [2.24, 2.45) is 0 Å². The highest BCUT2D eigenvalue weighted by Crippen LogP contribution is 2.27. The van der Waals surface area contributed by atoms with Gasteiger partial charge in [-0.3, -0.25) is 9.59 Å². The Morgan fingerprint density at radius 1 is 1.00 bits per heavy atom. The molecule has 5 nitrogen and oxygen atoms in total. The number of halogens is 1. The monoisotopic (exact) mass is 359 g/mol. The molecular formula is C19H22ClN3O2. The van der Waals surface area contributed by atoms with Crippen molar-refractivity contribution >= 4 is 40.5 Å². The molecule has 0 saturated heterocycles. The van der Waals surface area contributed by atoms with Crippen LogP contribution in [-0.2, 0) is 9.59 Å². The van der Waals surface area contributed by atoms with Crippen molar-refractivity contribution in [3.8, 4) is 0 Å². The number of amides is 2. The summed E-state index contributed by atoms with van der Waals surface area (Å²) in [7, 11) is 3.88. The molecule has 2 aromatic carbocycles. The Morgan fingerprint density at radius 2 is 1.60 bits per heavy atom.